The first-order valence-electron chi connectivity index (χ1n) is 11.3. The lowest BCUT2D eigenvalue weighted by Gasteiger charge is -2.12. The first-order chi connectivity index (χ1) is 17.0. The summed E-state index contributed by atoms with van der Waals surface area (Å²) in [5.41, 5.74) is 3.95. The molecule has 0 fully saturated rings. The van der Waals surface area contributed by atoms with Crippen molar-refractivity contribution in [1.82, 2.24) is 14.9 Å². The Kier molecular flexibility index (Phi) is 7.40. The predicted octanol–water partition coefficient (Wildman–Crippen LogP) is 4.93. The Bertz CT molecular complexity index is 1340. The van der Waals surface area contributed by atoms with Crippen LogP contribution in [0.4, 0.5) is 0 Å². The van der Waals surface area contributed by atoms with Gasteiger partial charge in [-0.15, -0.1) is 0 Å². The molecule has 0 aliphatic rings. The van der Waals surface area contributed by atoms with Crippen molar-refractivity contribution in [2.45, 2.75) is 19.9 Å². The van der Waals surface area contributed by atoms with Gasteiger partial charge in [0, 0.05) is 59.7 Å². The molecule has 35 heavy (non-hydrogen) atoms. The molecule has 0 bridgehead atoms. The second kappa shape index (κ2) is 10.8. The minimum absolute atomic E-state index is 0.155. The molecule has 0 aliphatic carbocycles. The van der Waals surface area contributed by atoms with Crippen molar-refractivity contribution in [3.05, 3.63) is 67.0 Å². The number of hydrogen-bond donors (Lipinski definition) is 1. The zero-order valence-corrected chi connectivity index (χ0v) is 20.3. The van der Waals surface area contributed by atoms with Gasteiger partial charge in [-0.2, -0.15) is 0 Å². The smallest absolute Gasteiger partial charge is 0.244 e. The standard InChI is InChI=1S/C27H29N3O5/c1-18(12-27(31)29-8-5-10-30-11-9-28-17-30)20-14-22-23(16-35-26(22)15-25(20)34-4)21-13-19(32-2)6-7-24(21)33-3/h6-7,9,11-17H,5,8,10H2,1-4H3,(H,29,31)/b18-12+. The number of nitrogens with one attached hydrogen (secondary N) is 1. The van der Waals surface area contributed by atoms with Gasteiger partial charge in [-0.25, -0.2) is 4.98 Å². The number of aryl methyl sites for hydroxylation is 1. The Morgan fingerprint density at radius 1 is 1.09 bits per heavy atom. The van der Waals surface area contributed by atoms with Gasteiger partial charge >= 0.3 is 0 Å². The van der Waals surface area contributed by atoms with E-state index in [0.29, 0.717) is 29.4 Å². The summed E-state index contributed by atoms with van der Waals surface area (Å²) >= 11 is 0. The van der Waals surface area contributed by atoms with Crippen molar-refractivity contribution >= 4 is 22.4 Å². The maximum Gasteiger partial charge on any atom is 0.244 e. The average molecular weight is 476 g/mol. The fraction of sp³-hybridized carbons (Fsp3) is 0.259. The monoisotopic (exact) mass is 475 g/mol. The van der Waals surface area contributed by atoms with Crippen molar-refractivity contribution in [1.29, 1.82) is 0 Å². The summed E-state index contributed by atoms with van der Waals surface area (Å²) in [6.45, 7) is 3.25. The lowest BCUT2D eigenvalue weighted by molar-refractivity contribution is -0.116. The van der Waals surface area contributed by atoms with Gasteiger partial charge in [-0.1, -0.05) is 0 Å². The van der Waals surface area contributed by atoms with Crippen molar-refractivity contribution in [3.8, 4) is 28.4 Å². The molecule has 1 N–H and O–H groups in total. The van der Waals surface area contributed by atoms with E-state index in [1.54, 1.807) is 46.2 Å². The van der Waals surface area contributed by atoms with Gasteiger partial charge in [0.25, 0.3) is 0 Å². The zero-order chi connectivity index (χ0) is 24.8. The number of carbonyl (C=O) groups is 1. The van der Waals surface area contributed by atoms with E-state index in [9.17, 15) is 4.79 Å². The SMILES string of the molecule is COc1ccc(OC)c(-c2coc3cc(OC)c(/C(C)=C/C(=O)NCCCn4ccnc4)cc23)c1. The van der Waals surface area contributed by atoms with Crippen LogP contribution in [-0.4, -0.2) is 43.3 Å². The van der Waals surface area contributed by atoms with Crippen molar-refractivity contribution in [2.24, 2.45) is 0 Å². The molecule has 0 saturated carbocycles. The largest absolute Gasteiger partial charge is 0.497 e. The molecular weight excluding hydrogens is 446 g/mol. The third kappa shape index (κ3) is 5.32. The highest BCUT2D eigenvalue weighted by molar-refractivity contribution is 6.01. The van der Waals surface area contributed by atoms with Crippen molar-refractivity contribution < 1.29 is 23.4 Å². The van der Waals surface area contributed by atoms with Crippen LogP contribution in [0, 0.1) is 0 Å². The number of carbonyl (C=O) groups excluding carboxylic acids is 1. The number of rotatable bonds is 10. The highest BCUT2D eigenvalue weighted by Gasteiger charge is 2.18. The van der Waals surface area contributed by atoms with E-state index in [-0.39, 0.29) is 5.91 Å². The second-order valence-corrected chi connectivity index (χ2v) is 8.04. The topological polar surface area (TPSA) is 87.7 Å². The number of allylic oxidation sites excluding steroid dienone is 1. The van der Waals surface area contributed by atoms with E-state index in [1.165, 1.54) is 0 Å². The number of methoxy groups -OCH3 is 3. The Hall–Kier alpha value is -4.20. The summed E-state index contributed by atoms with van der Waals surface area (Å²) in [5.74, 6) is 1.88. The number of aromatic nitrogens is 2. The molecule has 8 nitrogen and oxygen atoms in total. The number of fused-ring (bicyclic) bond motifs is 1. The number of imidazole rings is 1. The summed E-state index contributed by atoms with van der Waals surface area (Å²) < 4.78 is 24.4. The van der Waals surface area contributed by atoms with E-state index in [4.69, 9.17) is 18.6 Å². The maximum atomic E-state index is 12.5. The molecule has 0 spiro atoms. The Morgan fingerprint density at radius 3 is 2.63 bits per heavy atom. The Morgan fingerprint density at radius 2 is 1.91 bits per heavy atom. The van der Waals surface area contributed by atoms with Crippen LogP contribution in [0.1, 0.15) is 18.9 Å². The van der Waals surface area contributed by atoms with Crippen LogP contribution in [0.5, 0.6) is 17.2 Å². The molecule has 2 heterocycles. The molecule has 0 aliphatic heterocycles. The molecule has 0 radical (unpaired) electrons. The van der Waals surface area contributed by atoms with Gasteiger partial charge in [-0.05, 0) is 43.2 Å². The lowest BCUT2D eigenvalue weighted by Crippen LogP contribution is -2.23. The van der Waals surface area contributed by atoms with Gasteiger partial charge in [0.1, 0.15) is 22.8 Å². The normalized spacial score (nSPS) is 11.5. The summed E-state index contributed by atoms with van der Waals surface area (Å²) in [6.07, 6.45) is 9.50. The molecule has 2 aromatic heterocycles. The van der Waals surface area contributed by atoms with Crippen molar-refractivity contribution in [2.75, 3.05) is 27.9 Å². The highest BCUT2D eigenvalue weighted by Crippen LogP contribution is 2.41. The second-order valence-electron chi connectivity index (χ2n) is 8.04. The fourth-order valence-corrected chi connectivity index (χ4v) is 3.98. The number of amides is 1. The number of nitrogens with zero attached hydrogens (tertiary/aromatic N) is 2. The minimum atomic E-state index is -0.155. The van der Waals surface area contributed by atoms with Gasteiger partial charge in [0.2, 0.25) is 5.91 Å². The fourth-order valence-electron chi connectivity index (χ4n) is 3.98. The Balaban J connectivity index is 1.60. The summed E-state index contributed by atoms with van der Waals surface area (Å²) in [5, 5.41) is 3.82. The van der Waals surface area contributed by atoms with Crippen LogP contribution in [0.15, 0.2) is 65.8 Å². The van der Waals surface area contributed by atoms with Gasteiger partial charge in [-0.3, -0.25) is 4.79 Å². The number of hydrogen-bond acceptors (Lipinski definition) is 6. The predicted molar refractivity (Wildman–Crippen MR) is 135 cm³/mol. The molecule has 4 aromatic rings. The summed E-state index contributed by atoms with van der Waals surface area (Å²) in [6, 6.07) is 9.43. The summed E-state index contributed by atoms with van der Waals surface area (Å²) in [4.78, 5) is 16.6. The molecule has 8 heteroatoms. The molecule has 0 saturated heterocycles. The number of ether oxygens (including phenoxy) is 3. The van der Waals surface area contributed by atoms with Crippen LogP contribution >= 0.6 is 0 Å². The van der Waals surface area contributed by atoms with Gasteiger partial charge in [0.05, 0.1) is 33.9 Å². The van der Waals surface area contributed by atoms with E-state index in [0.717, 1.165) is 40.6 Å². The molecule has 0 unspecified atom stereocenters. The highest BCUT2D eigenvalue weighted by atomic mass is 16.5. The van der Waals surface area contributed by atoms with Crippen LogP contribution in [0.3, 0.4) is 0 Å². The summed E-state index contributed by atoms with van der Waals surface area (Å²) in [7, 11) is 4.85. The average Bonchev–Trinajstić information content (AvgIpc) is 3.55. The van der Waals surface area contributed by atoms with Gasteiger partial charge in [0.15, 0.2) is 0 Å². The molecule has 182 valence electrons. The van der Waals surface area contributed by atoms with E-state index in [2.05, 4.69) is 10.3 Å². The van der Waals surface area contributed by atoms with Gasteiger partial charge < -0.3 is 28.5 Å². The maximum absolute atomic E-state index is 12.5. The third-order valence-electron chi connectivity index (χ3n) is 5.82. The molecule has 1 amide bonds. The number of benzene rings is 2. The molecular formula is C27H29N3O5. The van der Waals surface area contributed by atoms with E-state index in [1.807, 2.05) is 48.0 Å². The van der Waals surface area contributed by atoms with Crippen molar-refractivity contribution in [3.63, 3.8) is 0 Å². The quantitative estimate of drug-likeness (QED) is 0.258. The van der Waals surface area contributed by atoms with Crippen LogP contribution in [0.25, 0.3) is 27.7 Å². The number of furan rings is 1. The minimum Gasteiger partial charge on any atom is -0.497 e. The van der Waals surface area contributed by atoms with E-state index < -0.39 is 0 Å². The van der Waals surface area contributed by atoms with Crippen LogP contribution in [-0.2, 0) is 11.3 Å². The first kappa shape index (κ1) is 23.9. The first-order valence-corrected chi connectivity index (χ1v) is 11.3. The lowest BCUT2D eigenvalue weighted by atomic mass is 9.98. The Labute approximate surface area is 204 Å². The zero-order valence-electron chi connectivity index (χ0n) is 20.3. The molecule has 4 rings (SSSR count). The molecule has 0 atom stereocenters. The third-order valence-corrected chi connectivity index (χ3v) is 5.82. The van der Waals surface area contributed by atoms with E-state index >= 15 is 0 Å². The van der Waals surface area contributed by atoms with Crippen LogP contribution < -0.4 is 19.5 Å². The molecule has 2 aromatic carbocycles. The van der Waals surface area contributed by atoms with Crippen LogP contribution in [0.2, 0.25) is 0 Å².